The maximum atomic E-state index is 13.4. The van der Waals surface area contributed by atoms with Gasteiger partial charge in [0.15, 0.2) is 0 Å². The molecule has 1 heterocycles. The minimum atomic E-state index is -3.85. The number of methoxy groups -OCH3 is 1. The molecule has 1 aliphatic heterocycles. The number of rotatable bonds is 4. The fraction of sp³-hybridized carbons (Fsp3) is 0.533. The largest absolute Gasteiger partial charge is 0.382 e. The van der Waals surface area contributed by atoms with Gasteiger partial charge in [-0.3, -0.25) is 0 Å². The van der Waals surface area contributed by atoms with Crippen LogP contribution < -0.4 is 0 Å². The first-order chi connectivity index (χ1) is 10.7. The molecule has 1 aromatic rings. The minimum Gasteiger partial charge on any atom is -0.382 e. The third-order valence-corrected chi connectivity index (χ3v) is 5.31. The number of benzene rings is 1. The highest BCUT2D eigenvalue weighted by molar-refractivity contribution is 7.89. The molecule has 0 aromatic heterocycles. The van der Waals surface area contributed by atoms with Gasteiger partial charge in [0.2, 0.25) is 10.0 Å². The molecule has 0 spiro atoms. The van der Waals surface area contributed by atoms with Crippen LogP contribution in [-0.4, -0.2) is 51.2 Å². The van der Waals surface area contributed by atoms with Gasteiger partial charge in [-0.1, -0.05) is 0 Å². The van der Waals surface area contributed by atoms with Gasteiger partial charge in [-0.05, 0) is 32.0 Å². The van der Waals surface area contributed by atoms with Gasteiger partial charge in [-0.25, -0.2) is 12.8 Å². The maximum Gasteiger partial charge on any atom is 0.243 e. The van der Waals surface area contributed by atoms with Crippen LogP contribution in [0.3, 0.4) is 0 Å². The van der Waals surface area contributed by atoms with Crippen LogP contribution in [-0.2, 0) is 19.5 Å². The molecular weight excluding hydrogens is 323 g/mol. The Morgan fingerprint density at radius 2 is 2.22 bits per heavy atom. The molecule has 1 atom stereocenters. The van der Waals surface area contributed by atoms with Crippen molar-refractivity contribution in [3.8, 4) is 6.07 Å². The second-order valence-corrected chi connectivity index (χ2v) is 7.94. The zero-order valence-electron chi connectivity index (χ0n) is 13.2. The van der Waals surface area contributed by atoms with E-state index in [9.17, 15) is 12.8 Å². The lowest BCUT2D eigenvalue weighted by Gasteiger charge is -2.41. The molecule has 0 bridgehead atoms. The smallest absolute Gasteiger partial charge is 0.243 e. The molecular formula is C15H19FN2O4S. The van der Waals surface area contributed by atoms with Crippen LogP contribution in [0.15, 0.2) is 23.1 Å². The van der Waals surface area contributed by atoms with E-state index in [-0.39, 0.29) is 30.2 Å². The molecule has 1 fully saturated rings. The molecule has 1 saturated heterocycles. The molecule has 2 rings (SSSR count). The third-order valence-electron chi connectivity index (χ3n) is 3.50. The summed E-state index contributed by atoms with van der Waals surface area (Å²) in [6.45, 7) is 4.15. The van der Waals surface area contributed by atoms with Gasteiger partial charge < -0.3 is 9.47 Å². The van der Waals surface area contributed by atoms with E-state index in [4.69, 9.17) is 14.7 Å². The molecule has 126 valence electrons. The lowest BCUT2D eigenvalue weighted by Crippen LogP contribution is -2.55. The van der Waals surface area contributed by atoms with E-state index < -0.39 is 27.5 Å². The number of hydrogen-bond acceptors (Lipinski definition) is 5. The predicted molar refractivity (Wildman–Crippen MR) is 80.7 cm³/mol. The fourth-order valence-corrected chi connectivity index (χ4v) is 4.25. The number of sulfonamides is 1. The number of nitrogens with zero attached hydrogens (tertiary/aromatic N) is 2. The van der Waals surface area contributed by atoms with E-state index in [2.05, 4.69) is 0 Å². The van der Waals surface area contributed by atoms with Crippen LogP contribution in [0.1, 0.15) is 19.4 Å². The number of hydrogen-bond donors (Lipinski definition) is 0. The molecule has 23 heavy (non-hydrogen) atoms. The van der Waals surface area contributed by atoms with Crippen molar-refractivity contribution in [3.63, 3.8) is 0 Å². The van der Waals surface area contributed by atoms with Crippen molar-refractivity contribution in [2.45, 2.75) is 30.4 Å². The Morgan fingerprint density at radius 3 is 2.83 bits per heavy atom. The van der Waals surface area contributed by atoms with Gasteiger partial charge in [0.05, 0.1) is 28.8 Å². The molecule has 8 heteroatoms. The maximum absolute atomic E-state index is 13.4. The summed E-state index contributed by atoms with van der Waals surface area (Å²) in [5, 5.41) is 8.88. The van der Waals surface area contributed by atoms with Crippen LogP contribution >= 0.6 is 0 Å². The minimum absolute atomic E-state index is 0.107. The molecule has 6 nitrogen and oxygen atoms in total. The lowest BCUT2D eigenvalue weighted by atomic mass is 10.1. The van der Waals surface area contributed by atoms with Crippen molar-refractivity contribution in [1.29, 1.82) is 5.26 Å². The average molecular weight is 342 g/mol. The summed E-state index contributed by atoms with van der Waals surface area (Å²) in [6, 6.07) is 4.86. The topological polar surface area (TPSA) is 79.6 Å². The van der Waals surface area contributed by atoms with Gasteiger partial charge in [-0.2, -0.15) is 9.57 Å². The SMILES string of the molecule is COCC1CN(S(=O)(=O)c2ccc(F)c(C#N)c2)CC(C)(C)O1. The van der Waals surface area contributed by atoms with Crippen molar-refractivity contribution in [3.05, 3.63) is 29.6 Å². The highest BCUT2D eigenvalue weighted by Gasteiger charge is 2.39. The van der Waals surface area contributed by atoms with E-state index in [1.807, 2.05) is 0 Å². The summed E-state index contributed by atoms with van der Waals surface area (Å²) in [7, 11) is -2.34. The summed E-state index contributed by atoms with van der Waals surface area (Å²) in [6.07, 6.45) is -0.394. The zero-order valence-corrected chi connectivity index (χ0v) is 14.1. The fourth-order valence-electron chi connectivity index (χ4n) is 2.60. The molecule has 0 N–H and O–H groups in total. The normalized spacial score (nSPS) is 21.8. The first kappa shape index (κ1) is 17.8. The van der Waals surface area contributed by atoms with Crippen molar-refractivity contribution >= 4 is 10.0 Å². The molecule has 0 radical (unpaired) electrons. The summed E-state index contributed by atoms with van der Waals surface area (Å²) in [5.41, 5.74) is -0.973. The highest BCUT2D eigenvalue weighted by Crippen LogP contribution is 2.27. The lowest BCUT2D eigenvalue weighted by molar-refractivity contribution is -0.135. The Morgan fingerprint density at radius 1 is 1.52 bits per heavy atom. The van der Waals surface area contributed by atoms with E-state index in [0.29, 0.717) is 0 Å². The Kier molecular flexibility index (Phi) is 5.06. The molecule has 1 aliphatic rings. The third kappa shape index (κ3) is 3.87. The van der Waals surface area contributed by atoms with Crippen molar-refractivity contribution in [2.24, 2.45) is 0 Å². The molecule has 0 aliphatic carbocycles. The quantitative estimate of drug-likeness (QED) is 0.829. The Labute approximate surface area is 135 Å². The van der Waals surface area contributed by atoms with E-state index in [1.54, 1.807) is 19.9 Å². The number of morpholine rings is 1. The Bertz CT molecular complexity index is 727. The van der Waals surface area contributed by atoms with Crippen LogP contribution in [0.4, 0.5) is 4.39 Å². The summed E-state index contributed by atoms with van der Waals surface area (Å²) >= 11 is 0. The van der Waals surface area contributed by atoms with Crippen LogP contribution in [0, 0.1) is 17.1 Å². The summed E-state index contributed by atoms with van der Waals surface area (Å²) < 4.78 is 51.2. The first-order valence-corrected chi connectivity index (χ1v) is 8.50. The Balaban J connectivity index is 2.36. The average Bonchev–Trinajstić information content (AvgIpc) is 2.46. The monoisotopic (exact) mass is 342 g/mol. The van der Waals surface area contributed by atoms with Gasteiger partial charge in [0.1, 0.15) is 11.9 Å². The van der Waals surface area contributed by atoms with Crippen LogP contribution in [0.5, 0.6) is 0 Å². The number of nitriles is 1. The van der Waals surface area contributed by atoms with Crippen molar-refractivity contribution < 1.29 is 22.3 Å². The Hall–Kier alpha value is -1.53. The molecule has 0 amide bonds. The van der Waals surface area contributed by atoms with E-state index >= 15 is 0 Å². The van der Waals surface area contributed by atoms with Gasteiger partial charge >= 0.3 is 0 Å². The van der Waals surface area contributed by atoms with Crippen molar-refractivity contribution in [1.82, 2.24) is 4.31 Å². The predicted octanol–water partition coefficient (Wildman–Crippen LogP) is 1.51. The van der Waals surface area contributed by atoms with Crippen LogP contribution in [0.25, 0.3) is 0 Å². The van der Waals surface area contributed by atoms with Gasteiger partial charge in [0, 0.05) is 20.2 Å². The standard InChI is InChI=1S/C15H19FN2O4S/c1-15(2)10-18(8-12(22-15)9-21-3)23(19,20)13-4-5-14(16)11(6-13)7-17/h4-6,12H,8-10H2,1-3H3. The van der Waals surface area contributed by atoms with E-state index in [0.717, 1.165) is 12.1 Å². The molecule has 1 unspecified atom stereocenters. The van der Waals surface area contributed by atoms with E-state index in [1.165, 1.54) is 17.5 Å². The zero-order chi connectivity index (χ0) is 17.3. The van der Waals surface area contributed by atoms with Gasteiger partial charge in [-0.15, -0.1) is 0 Å². The number of ether oxygens (including phenoxy) is 2. The van der Waals surface area contributed by atoms with Gasteiger partial charge in [0.25, 0.3) is 0 Å². The summed E-state index contributed by atoms with van der Waals surface area (Å²) in [4.78, 5) is -0.107. The molecule has 0 saturated carbocycles. The number of halogens is 1. The highest BCUT2D eigenvalue weighted by atomic mass is 32.2. The second-order valence-electron chi connectivity index (χ2n) is 6.01. The first-order valence-electron chi connectivity index (χ1n) is 7.06. The van der Waals surface area contributed by atoms with Crippen LogP contribution in [0.2, 0.25) is 0 Å². The van der Waals surface area contributed by atoms with Crippen molar-refractivity contribution in [2.75, 3.05) is 26.8 Å². The second kappa shape index (κ2) is 6.53. The summed E-state index contributed by atoms with van der Waals surface area (Å²) in [5.74, 6) is -0.744. The molecule has 1 aromatic carbocycles.